The molecule has 0 aliphatic heterocycles. The van der Waals surface area contributed by atoms with E-state index in [0.29, 0.717) is 6.42 Å². The number of carbonyl (C=O) groups excluding carboxylic acids is 1. The number of primary amides is 1. The summed E-state index contributed by atoms with van der Waals surface area (Å²) < 4.78 is 0. The van der Waals surface area contributed by atoms with Crippen LogP contribution >= 0.6 is 0 Å². The molecular weight excluding hydrogens is 374 g/mol. The Morgan fingerprint density at radius 3 is 1.64 bits per heavy atom. The van der Waals surface area contributed by atoms with Gasteiger partial charge < -0.3 is 19.0 Å². The van der Waals surface area contributed by atoms with Gasteiger partial charge in [0.15, 0.2) is 0 Å². The number of carboxylic acid groups (broad SMARTS) is 1. The molecule has 0 aliphatic rings. The van der Waals surface area contributed by atoms with E-state index < -0.39 is 5.97 Å². The average molecular weight is 419 g/mol. The normalized spacial score (nSPS) is 9.79. The van der Waals surface area contributed by atoms with Crippen molar-refractivity contribution in [2.24, 2.45) is 5.73 Å². The van der Waals surface area contributed by atoms with Gasteiger partial charge in [0.1, 0.15) is 0 Å². The van der Waals surface area contributed by atoms with Crippen LogP contribution in [0.3, 0.4) is 0 Å². The number of unbranched alkanes of at least 4 members (excludes halogenated alkanes) is 11. The molecule has 158 valence electrons. The third-order valence-electron chi connectivity index (χ3n) is 4.01. The minimum Gasteiger partial charge on any atom is -1.00 e. The minimum absolute atomic E-state index is 0. The number of allylic oxidation sites excluding steroid dienone is 2. The molecule has 0 aliphatic carbocycles. The summed E-state index contributed by atoms with van der Waals surface area (Å²) in [4.78, 5) is 20.1. The van der Waals surface area contributed by atoms with E-state index in [4.69, 9.17) is 10.8 Å². The van der Waals surface area contributed by atoms with E-state index in [0.717, 1.165) is 12.8 Å². The Morgan fingerprint density at radius 2 is 1.29 bits per heavy atom. The zero-order valence-electron chi connectivity index (χ0n) is 21.1. The topological polar surface area (TPSA) is 92.4 Å². The van der Waals surface area contributed by atoms with Crippen LogP contribution in [0, 0.1) is 0 Å². The zero-order chi connectivity index (χ0) is 19.9. The molecule has 1 amide bonds. The van der Waals surface area contributed by atoms with E-state index in [1.165, 1.54) is 70.6 Å². The van der Waals surface area contributed by atoms with E-state index in [2.05, 4.69) is 24.4 Å². The van der Waals surface area contributed by atoms with Crippen molar-refractivity contribution in [3.8, 4) is 0 Å². The molecular formula is C21H44N2Na2O3. The number of carboxylic acids is 1. The van der Waals surface area contributed by atoms with Crippen molar-refractivity contribution in [1.82, 2.24) is 5.32 Å². The summed E-state index contributed by atoms with van der Waals surface area (Å²) in [5, 5.41) is 10.3. The molecule has 28 heavy (non-hydrogen) atoms. The summed E-state index contributed by atoms with van der Waals surface area (Å²) >= 11 is 0. The molecule has 0 heterocycles. The van der Waals surface area contributed by atoms with Gasteiger partial charge in [-0.2, -0.15) is 0 Å². The Balaban J connectivity index is -0.000000126. The van der Waals surface area contributed by atoms with Crippen LogP contribution in [0.2, 0.25) is 0 Å². The maximum absolute atomic E-state index is 10.5. The molecule has 5 nitrogen and oxygen atoms in total. The summed E-state index contributed by atoms with van der Waals surface area (Å²) in [7, 11) is 1.59. The van der Waals surface area contributed by atoms with E-state index in [1.54, 1.807) is 7.05 Å². The second kappa shape index (κ2) is 32.3. The molecule has 0 aromatic rings. The van der Waals surface area contributed by atoms with E-state index in [-0.39, 0.29) is 74.4 Å². The standard InChI is InChI=1S/C18H35NO.C3H7NO2.2Na.2H/c1-2-3-4-5-6-7-8-9-10-11-12-13-14-15-16-17-18(19)20;1-4-2-3(5)6;;;;/h9-10H,2-8,11-17H2,1H3,(H2,19,20);4H,2H2,1H3,(H,5,6);;;;/q;;2*+1;2*-1/b10-9-;;;;;. The van der Waals surface area contributed by atoms with Crippen LogP contribution in [0.5, 0.6) is 0 Å². The van der Waals surface area contributed by atoms with Crippen molar-refractivity contribution < 1.29 is 76.7 Å². The minimum atomic E-state index is -0.822. The van der Waals surface area contributed by atoms with Gasteiger partial charge in [0.05, 0.1) is 6.54 Å². The first-order chi connectivity index (χ1) is 12.5. The Hall–Kier alpha value is 0.640. The molecule has 0 aromatic carbocycles. The van der Waals surface area contributed by atoms with E-state index >= 15 is 0 Å². The van der Waals surface area contributed by atoms with Gasteiger partial charge in [-0.1, -0.05) is 70.4 Å². The summed E-state index contributed by atoms with van der Waals surface area (Å²) in [5.74, 6) is -0.986. The molecule has 0 unspecified atom stereocenters. The quantitative estimate of drug-likeness (QED) is 0.161. The predicted molar refractivity (Wildman–Crippen MR) is 112 cm³/mol. The van der Waals surface area contributed by atoms with Gasteiger partial charge >= 0.3 is 65.1 Å². The zero-order valence-corrected chi connectivity index (χ0v) is 23.1. The van der Waals surface area contributed by atoms with Crippen LogP contribution < -0.4 is 70.2 Å². The molecule has 4 N–H and O–H groups in total. The number of amides is 1. The van der Waals surface area contributed by atoms with Crippen LogP contribution in [0.4, 0.5) is 0 Å². The van der Waals surface area contributed by atoms with Crippen molar-refractivity contribution in [2.75, 3.05) is 13.6 Å². The third kappa shape index (κ3) is 41.1. The molecule has 0 atom stereocenters. The Bertz CT molecular complexity index is 365. The molecule has 0 rings (SSSR count). The Labute approximate surface area is 220 Å². The number of aliphatic carboxylic acids is 1. The average Bonchev–Trinajstić information content (AvgIpc) is 2.58. The fourth-order valence-electron chi connectivity index (χ4n) is 2.52. The number of rotatable bonds is 17. The van der Waals surface area contributed by atoms with Gasteiger partial charge in [-0.15, -0.1) is 0 Å². The maximum atomic E-state index is 10.5. The second-order valence-electron chi connectivity index (χ2n) is 6.72. The summed E-state index contributed by atoms with van der Waals surface area (Å²) in [6, 6.07) is 0. The van der Waals surface area contributed by atoms with Gasteiger partial charge in [-0.3, -0.25) is 9.59 Å². The second-order valence-corrected chi connectivity index (χ2v) is 6.72. The number of hydrogen-bond acceptors (Lipinski definition) is 3. The fourth-order valence-corrected chi connectivity index (χ4v) is 2.52. The molecule has 0 saturated carbocycles. The van der Waals surface area contributed by atoms with Crippen LogP contribution in [0.1, 0.15) is 99.7 Å². The van der Waals surface area contributed by atoms with Crippen LogP contribution in [-0.4, -0.2) is 30.6 Å². The number of nitrogens with two attached hydrogens (primary N) is 1. The van der Waals surface area contributed by atoms with Gasteiger partial charge in [0, 0.05) is 6.42 Å². The predicted octanol–water partition coefficient (Wildman–Crippen LogP) is -0.967. The van der Waals surface area contributed by atoms with E-state index in [1.807, 2.05) is 0 Å². The smallest absolute Gasteiger partial charge is 1.00 e. The monoisotopic (exact) mass is 418 g/mol. The molecule has 0 spiro atoms. The summed E-state index contributed by atoms with van der Waals surface area (Å²) in [6.07, 6.45) is 21.9. The SMILES string of the molecule is CCCCCCCC/C=C\CCCCCCCC(N)=O.CNCC(=O)O.[H-].[H-].[Na+].[Na+]. The first-order valence-corrected chi connectivity index (χ1v) is 10.3. The van der Waals surface area contributed by atoms with Crippen molar-refractivity contribution in [1.29, 1.82) is 0 Å². The molecule has 0 fully saturated rings. The largest absolute Gasteiger partial charge is 1.00 e. The van der Waals surface area contributed by atoms with Crippen LogP contribution in [0.25, 0.3) is 0 Å². The van der Waals surface area contributed by atoms with Crippen molar-refractivity contribution >= 4 is 11.9 Å². The van der Waals surface area contributed by atoms with Gasteiger partial charge in [-0.05, 0) is 39.2 Å². The van der Waals surface area contributed by atoms with Gasteiger partial charge in [0.2, 0.25) is 5.91 Å². The Kier molecular flexibility index (Phi) is 41.6. The van der Waals surface area contributed by atoms with Gasteiger partial charge in [-0.25, -0.2) is 0 Å². The molecule has 0 saturated heterocycles. The van der Waals surface area contributed by atoms with Crippen molar-refractivity contribution in [3.63, 3.8) is 0 Å². The van der Waals surface area contributed by atoms with Gasteiger partial charge in [0.25, 0.3) is 0 Å². The van der Waals surface area contributed by atoms with Crippen molar-refractivity contribution in [2.45, 2.75) is 96.8 Å². The van der Waals surface area contributed by atoms with Crippen LogP contribution in [-0.2, 0) is 9.59 Å². The maximum Gasteiger partial charge on any atom is 1.00 e. The molecule has 0 bridgehead atoms. The number of nitrogens with one attached hydrogen (secondary N) is 1. The first-order valence-electron chi connectivity index (χ1n) is 10.3. The number of likely N-dealkylation sites (N-methyl/N-ethyl adjacent to an activating group) is 1. The number of hydrogen-bond donors (Lipinski definition) is 3. The third-order valence-corrected chi connectivity index (χ3v) is 4.01. The molecule has 7 heteroatoms. The summed E-state index contributed by atoms with van der Waals surface area (Å²) in [5.41, 5.74) is 5.10. The fraction of sp³-hybridized carbons (Fsp3) is 0.810. The Morgan fingerprint density at radius 1 is 0.857 bits per heavy atom. The summed E-state index contributed by atoms with van der Waals surface area (Å²) in [6.45, 7) is 2.31. The van der Waals surface area contributed by atoms with Crippen LogP contribution in [0.15, 0.2) is 12.2 Å². The first kappa shape index (κ1) is 36.0. The van der Waals surface area contributed by atoms with E-state index in [9.17, 15) is 9.59 Å². The molecule has 0 radical (unpaired) electrons. The van der Waals surface area contributed by atoms with Crippen molar-refractivity contribution in [3.05, 3.63) is 12.2 Å². The molecule has 0 aromatic heterocycles. The number of carbonyl (C=O) groups is 2.